The maximum atomic E-state index is 4.82. The van der Waals surface area contributed by atoms with Crippen LogP contribution in [0.15, 0.2) is 48.9 Å². The summed E-state index contributed by atoms with van der Waals surface area (Å²) < 4.78 is 4.03. The van der Waals surface area contributed by atoms with Crippen molar-refractivity contribution in [2.45, 2.75) is 38.3 Å². The first-order chi connectivity index (χ1) is 12.4. The predicted molar refractivity (Wildman–Crippen MR) is 96.1 cm³/mol. The highest BCUT2D eigenvalue weighted by Gasteiger charge is 2.21. The molecule has 1 saturated carbocycles. The smallest absolute Gasteiger partial charge is 0.177 e. The summed E-state index contributed by atoms with van der Waals surface area (Å²) in [5.41, 5.74) is 4.31. The Bertz CT molecular complexity index is 971. The van der Waals surface area contributed by atoms with Crippen molar-refractivity contribution in [1.29, 1.82) is 0 Å². The van der Waals surface area contributed by atoms with Crippen molar-refractivity contribution in [1.82, 2.24) is 29.5 Å². The van der Waals surface area contributed by atoms with E-state index in [1.807, 2.05) is 23.1 Å². The molecule has 0 amide bonds. The van der Waals surface area contributed by atoms with Crippen LogP contribution in [-0.2, 0) is 6.54 Å². The number of nitrogens with one attached hydrogen (secondary N) is 1. The molecule has 3 aromatic heterocycles. The van der Waals surface area contributed by atoms with Crippen LogP contribution in [0.1, 0.15) is 37.3 Å². The molecule has 1 fully saturated rings. The van der Waals surface area contributed by atoms with E-state index in [1.165, 1.54) is 31.2 Å². The van der Waals surface area contributed by atoms with E-state index in [2.05, 4.69) is 44.1 Å². The van der Waals surface area contributed by atoms with Gasteiger partial charge in [-0.15, -0.1) is 0 Å². The van der Waals surface area contributed by atoms with Crippen molar-refractivity contribution in [2.75, 3.05) is 0 Å². The summed E-state index contributed by atoms with van der Waals surface area (Å²) in [5, 5.41) is 8.79. The third-order valence-electron chi connectivity index (χ3n) is 5.04. The zero-order chi connectivity index (χ0) is 16.6. The standard InChI is InChI=1S/C19H20N6/c1-2-5-16(4-1)25-19-17(12-21-25)22-18(23-19)15-8-6-14(7-9-15)13-24-11-3-10-20-24/h3,6-12,16H,1-2,4-5,13H2,(H,22,23). The molecule has 6 heteroatoms. The van der Waals surface area contributed by atoms with Gasteiger partial charge in [-0.05, 0) is 24.5 Å². The minimum absolute atomic E-state index is 0.505. The Morgan fingerprint density at radius 1 is 1.08 bits per heavy atom. The zero-order valence-electron chi connectivity index (χ0n) is 14.0. The average Bonchev–Trinajstić information content (AvgIpc) is 3.40. The minimum Gasteiger partial charge on any atom is -0.335 e. The molecule has 25 heavy (non-hydrogen) atoms. The number of aromatic amines is 1. The number of hydrogen-bond acceptors (Lipinski definition) is 3. The second-order valence-electron chi connectivity index (χ2n) is 6.75. The number of imidazole rings is 1. The molecular formula is C19H20N6. The van der Waals surface area contributed by atoms with Crippen molar-refractivity contribution in [3.8, 4) is 11.4 Å². The average molecular weight is 332 g/mol. The van der Waals surface area contributed by atoms with Gasteiger partial charge in [-0.1, -0.05) is 37.1 Å². The summed E-state index contributed by atoms with van der Waals surface area (Å²) in [6.07, 6.45) is 10.7. The first-order valence-corrected chi connectivity index (χ1v) is 8.87. The molecule has 0 atom stereocenters. The Hall–Kier alpha value is -2.89. The van der Waals surface area contributed by atoms with Gasteiger partial charge in [0.25, 0.3) is 0 Å². The lowest BCUT2D eigenvalue weighted by atomic mass is 10.1. The van der Waals surface area contributed by atoms with Crippen LogP contribution in [0.25, 0.3) is 22.6 Å². The lowest BCUT2D eigenvalue weighted by Crippen LogP contribution is -2.06. The number of benzene rings is 1. The third kappa shape index (κ3) is 2.63. The highest BCUT2D eigenvalue weighted by molar-refractivity contribution is 5.76. The molecule has 126 valence electrons. The predicted octanol–water partition coefficient (Wildman–Crippen LogP) is 3.79. The fraction of sp³-hybridized carbons (Fsp3) is 0.316. The second kappa shape index (κ2) is 5.88. The van der Waals surface area contributed by atoms with Gasteiger partial charge in [0.05, 0.1) is 18.8 Å². The molecule has 5 rings (SSSR count). The Morgan fingerprint density at radius 3 is 2.68 bits per heavy atom. The van der Waals surface area contributed by atoms with Crippen LogP contribution in [0.4, 0.5) is 0 Å². The Balaban J connectivity index is 1.42. The summed E-state index contributed by atoms with van der Waals surface area (Å²) >= 11 is 0. The van der Waals surface area contributed by atoms with E-state index >= 15 is 0 Å². The quantitative estimate of drug-likeness (QED) is 0.618. The van der Waals surface area contributed by atoms with Crippen LogP contribution in [-0.4, -0.2) is 29.5 Å². The zero-order valence-corrected chi connectivity index (χ0v) is 14.0. The lowest BCUT2D eigenvalue weighted by Gasteiger charge is -2.09. The van der Waals surface area contributed by atoms with Gasteiger partial charge in [-0.25, -0.2) is 9.67 Å². The maximum Gasteiger partial charge on any atom is 0.177 e. The molecular weight excluding hydrogens is 312 g/mol. The van der Waals surface area contributed by atoms with Gasteiger partial charge in [0.2, 0.25) is 0 Å². The van der Waals surface area contributed by atoms with E-state index in [1.54, 1.807) is 6.20 Å². The van der Waals surface area contributed by atoms with Gasteiger partial charge < -0.3 is 4.98 Å². The van der Waals surface area contributed by atoms with Gasteiger partial charge in [0.15, 0.2) is 5.65 Å². The van der Waals surface area contributed by atoms with Crippen molar-refractivity contribution in [3.63, 3.8) is 0 Å². The van der Waals surface area contributed by atoms with E-state index in [0.717, 1.165) is 29.1 Å². The van der Waals surface area contributed by atoms with Crippen molar-refractivity contribution in [2.24, 2.45) is 0 Å². The van der Waals surface area contributed by atoms with Crippen LogP contribution >= 0.6 is 0 Å². The molecule has 0 bridgehead atoms. The molecule has 0 spiro atoms. The Labute approximate surface area is 145 Å². The molecule has 4 aromatic rings. The summed E-state index contributed by atoms with van der Waals surface area (Å²) in [6.45, 7) is 0.782. The first kappa shape index (κ1) is 14.5. The molecule has 0 saturated heterocycles. The Morgan fingerprint density at radius 2 is 1.92 bits per heavy atom. The van der Waals surface area contributed by atoms with Crippen LogP contribution in [0.2, 0.25) is 0 Å². The molecule has 3 heterocycles. The summed E-state index contributed by atoms with van der Waals surface area (Å²) in [4.78, 5) is 8.23. The number of fused-ring (bicyclic) bond motifs is 1. The van der Waals surface area contributed by atoms with Crippen LogP contribution in [0, 0.1) is 0 Å². The highest BCUT2D eigenvalue weighted by Crippen LogP contribution is 2.31. The van der Waals surface area contributed by atoms with E-state index in [9.17, 15) is 0 Å². The van der Waals surface area contributed by atoms with Gasteiger partial charge in [-0.2, -0.15) is 10.2 Å². The van der Waals surface area contributed by atoms with Gasteiger partial charge in [-0.3, -0.25) is 4.68 Å². The molecule has 1 N–H and O–H groups in total. The van der Waals surface area contributed by atoms with Crippen molar-refractivity contribution < 1.29 is 0 Å². The number of H-pyrrole nitrogens is 1. The summed E-state index contributed by atoms with van der Waals surface area (Å²) in [6, 6.07) is 10.9. The fourth-order valence-corrected chi connectivity index (χ4v) is 3.72. The molecule has 1 aromatic carbocycles. The van der Waals surface area contributed by atoms with E-state index in [0.29, 0.717) is 6.04 Å². The van der Waals surface area contributed by atoms with E-state index in [-0.39, 0.29) is 0 Å². The number of rotatable bonds is 4. The van der Waals surface area contributed by atoms with Crippen molar-refractivity contribution in [3.05, 3.63) is 54.5 Å². The van der Waals surface area contributed by atoms with Crippen LogP contribution in [0.3, 0.4) is 0 Å². The normalized spacial score (nSPS) is 15.4. The third-order valence-corrected chi connectivity index (χ3v) is 5.04. The Kier molecular flexibility index (Phi) is 3.40. The second-order valence-corrected chi connectivity index (χ2v) is 6.75. The van der Waals surface area contributed by atoms with E-state index < -0.39 is 0 Å². The molecule has 0 aliphatic heterocycles. The molecule has 6 nitrogen and oxygen atoms in total. The topological polar surface area (TPSA) is 64.3 Å². The van der Waals surface area contributed by atoms with Gasteiger partial charge in [0, 0.05) is 18.0 Å². The van der Waals surface area contributed by atoms with Gasteiger partial charge >= 0.3 is 0 Å². The summed E-state index contributed by atoms with van der Waals surface area (Å²) in [5.74, 6) is 0.907. The number of hydrogen-bond donors (Lipinski definition) is 1. The van der Waals surface area contributed by atoms with E-state index in [4.69, 9.17) is 4.98 Å². The minimum atomic E-state index is 0.505. The molecule has 1 aliphatic carbocycles. The summed E-state index contributed by atoms with van der Waals surface area (Å²) in [7, 11) is 0. The lowest BCUT2D eigenvalue weighted by molar-refractivity contribution is 0.479. The highest BCUT2D eigenvalue weighted by atomic mass is 15.3. The number of nitrogens with zero attached hydrogens (tertiary/aromatic N) is 5. The van der Waals surface area contributed by atoms with Crippen LogP contribution in [0.5, 0.6) is 0 Å². The molecule has 0 unspecified atom stereocenters. The SMILES string of the molecule is c1cnn(Cc2ccc(-c3nc4c(cnn4C4CCCC4)[nH]3)cc2)c1. The molecule has 1 aliphatic rings. The van der Waals surface area contributed by atoms with Gasteiger partial charge in [0.1, 0.15) is 11.3 Å². The fourth-order valence-electron chi connectivity index (χ4n) is 3.72. The maximum absolute atomic E-state index is 4.82. The van der Waals surface area contributed by atoms with Crippen molar-refractivity contribution >= 4 is 11.2 Å². The number of aromatic nitrogens is 6. The van der Waals surface area contributed by atoms with Crippen LogP contribution < -0.4 is 0 Å². The monoisotopic (exact) mass is 332 g/mol. The first-order valence-electron chi connectivity index (χ1n) is 8.87. The largest absolute Gasteiger partial charge is 0.335 e. The molecule has 0 radical (unpaired) electrons.